The molecule has 2 unspecified atom stereocenters. The molecule has 2 fully saturated rings. The van der Waals surface area contributed by atoms with Crippen LogP contribution in [0.3, 0.4) is 0 Å². The van der Waals surface area contributed by atoms with Gasteiger partial charge in [0.05, 0.1) is 6.61 Å². The highest BCUT2D eigenvalue weighted by atomic mass is 79.9. The van der Waals surface area contributed by atoms with Crippen LogP contribution in [-0.2, 0) is 9.59 Å². The first kappa shape index (κ1) is 58.8. The first-order valence-electron chi connectivity index (χ1n) is 26.2. The van der Waals surface area contributed by atoms with Gasteiger partial charge in [-0.2, -0.15) is 9.13 Å². The smallest absolute Gasteiger partial charge is 0.338 e. The summed E-state index contributed by atoms with van der Waals surface area (Å²) in [5.74, 6) is -1.26. The fourth-order valence-electron chi connectivity index (χ4n) is 8.99. The largest absolute Gasteiger partial charge is 0.508 e. The van der Waals surface area contributed by atoms with Gasteiger partial charge in [0, 0.05) is 78.7 Å². The molecule has 2 saturated heterocycles. The summed E-state index contributed by atoms with van der Waals surface area (Å²) in [5.41, 5.74) is -1.47. The molecule has 2 atom stereocenters. The van der Waals surface area contributed by atoms with Gasteiger partial charge in [0.25, 0.3) is 22.9 Å². The van der Waals surface area contributed by atoms with Crippen molar-refractivity contribution in [2.45, 2.75) is 102 Å². The van der Waals surface area contributed by atoms with Crippen molar-refractivity contribution in [2.24, 2.45) is 0 Å². The number of aromatic nitrogens is 4. The molecule has 0 aliphatic carbocycles. The van der Waals surface area contributed by atoms with Crippen LogP contribution in [-0.4, -0.2) is 95.5 Å². The lowest BCUT2D eigenvalue weighted by molar-refractivity contribution is -0.120. The molecule has 2 aromatic heterocycles. The highest BCUT2D eigenvalue weighted by Crippen LogP contribution is 2.30. The van der Waals surface area contributed by atoms with E-state index in [0.29, 0.717) is 59.7 Å². The van der Waals surface area contributed by atoms with Crippen LogP contribution in [0.1, 0.15) is 123 Å². The number of benzene rings is 4. The lowest BCUT2D eigenvalue weighted by Gasteiger charge is -2.18. The molecule has 18 nitrogen and oxygen atoms in total. The molecule has 0 saturated carbocycles. The molecule has 19 heteroatoms. The van der Waals surface area contributed by atoms with Crippen molar-refractivity contribution in [1.29, 1.82) is 0 Å². The summed E-state index contributed by atoms with van der Waals surface area (Å²) in [4.78, 5) is 106. The zero-order chi connectivity index (χ0) is 55.1. The van der Waals surface area contributed by atoms with Crippen molar-refractivity contribution in [2.75, 3.05) is 48.0 Å². The number of aliphatic hydroxyl groups is 2. The molecule has 6 aromatic rings. The number of aliphatic hydroxyl groups excluding tert-OH is 2. The molecule has 0 spiro atoms. The monoisotopic (exact) mass is 1120 g/mol. The number of hydrogen-bond acceptors (Lipinski definition) is 12. The molecule has 8 rings (SSSR count). The van der Waals surface area contributed by atoms with Crippen molar-refractivity contribution in [3.05, 3.63) is 187 Å². The Morgan fingerprint density at radius 3 is 1.30 bits per heavy atom. The van der Waals surface area contributed by atoms with Crippen LogP contribution in [0, 0.1) is 0 Å². The van der Waals surface area contributed by atoms with Gasteiger partial charge >= 0.3 is 11.4 Å². The van der Waals surface area contributed by atoms with E-state index in [-0.39, 0.29) is 35.3 Å². The quantitative estimate of drug-likeness (QED) is 0.0444. The number of amides is 2. The number of ether oxygens (including phenoxy) is 1. The normalized spacial score (nSPS) is 14.9. The maximum Gasteiger partial charge on any atom is 0.338 e. The minimum absolute atomic E-state index is 0.0830. The van der Waals surface area contributed by atoms with Crippen LogP contribution in [0.2, 0.25) is 0 Å². The average molecular weight is 1120 g/mol. The molecule has 0 bridgehead atoms. The molecule has 0 radical (unpaired) electrons. The number of nitrogens with zero attached hydrogens (tertiary/aromatic N) is 6. The summed E-state index contributed by atoms with van der Waals surface area (Å²) in [6, 6.07) is 30.1. The Labute approximate surface area is 454 Å². The Bertz CT molecular complexity index is 3100. The van der Waals surface area contributed by atoms with E-state index in [4.69, 9.17) is 14.9 Å². The number of carbonyl (C=O) groups is 4. The number of carbonyl (C=O) groups excluding carboxylic acids is 4. The van der Waals surface area contributed by atoms with E-state index in [1.807, 2.05) is 24.3 Å². The van der Waals surface area contributed by atoms with Crippen LogP contribution in [0.25, 0.3) is 0 Å². The second-order valence-electron chi connectivity index (χ2n) is 18.5. The van der Waals surface area contributed by atoms with E-state index in [1.165, 1.54) is 90.4 Å². The van der Waals surface area contributed by atoms with Gasteiger partial charge in [-0.05, 0) is 111 Å². The first-order chi connectivity index (χ1) is 37.4. The van der Waals surface area contributed by atoms with Crippen molar-refractivity contribution < 1.29 is 39.2 Å². The molecular formula is C58H67BrN6O12. The number of hydrogen-bond donors (Lipinski definition) is 3. The summed E-state index contributed by atoms with van der Waals surface area (Å²) in [6.07, 6.45) is 16.9. The summed E-state index contributed by atoms with van der Waals surface area (Å²) < 4.78 is 9.24. The fraction of sp³-hybridized carbons (Fsp3) is 0.379. The second-order valence-corrected chi connectivity index (χ2v) is 19.3. The van der Waals surface area contributed by atoms with Gasteiger partial charge in [-0.25, -0.2) is 9.59 Å². The van der Waals surface area contributed by atoms with E-state index >= 15 is 0 Å². The number of rotatable bonds is 22. The topological polar surface area (TPSA) is 233 Å². The van der Waals surface area contributed by atoms with E-state index in [2.05, 4.69) is 15.9 Å². The fourth-order valence-corrected chi connectivity index (χ4v) is 9.39. The van der Waals surface area contributed by atoms with Crippen molar-refractivity contribution in [3.63, 3.8) is 0 Å². The number of anilines is 2. The van der Waals surface area contributed by atoms with Crippen molar-refractivity contribution in [3.8, 4) is 11.5 Å². The summed E-state index contributed by atoms with van der Waals surface area (Å²) in [6.45, 7) is 2.00. The number of alkyl halides is 1. The summed E-state index contributed by atoms with van der Waals surface area (Å²) in [5, 5.41) is 27.8. The molecule has 4 aromatic carbocycles. The van der Waals surface area contributed by atoms with Crippen LogP contribution >= 0.6 is 15.9 Å². The lowest BCUT2D eigenvalue weighted by Crippen LogP contribution is -2.45. The molecule has 2 amide bonds. The van der Waals surface area contributed by atoms with Gasteiger partial charge in [-0.1, -0.05) is 104 Å². The number of halogens is 1. The van der Waals surface area contributed by atoms with Gasteiger partial charge in [0.15, 0.2) is 0 Å². The molecule has 77 heavy (non-hydrogen) atoms. The highest BCUT2D eigenvalue weighted by Gasteiger charge is 2.37. The SMILES string of the molecule is O=C1C(n2ccc(=O)n(C(=O)c3ccccc3)c2=O)CCN1c1ccc(O)cc1.O=C1C(n2ccc(=O)n(C(=O)c3ccccc3)c2=O)CCN1c1ccc(OCCCCCCCCO)cc1.OCCCCCCCCBr. The minimum Gasteiger partial charge on any atom is -0.508 e. The van der Waals surface area contributed by atoms with Gasteiger partial charge in [0.2, 0.25) is 11.8 Å². The number of unbranched alkanes of at least 4 members (excludes halogenated alkanes) is 10. The molecule has 3 N–H and O–H groups in total. The predicted molar refractivity (Wildman–Crippen MR) is 298 cm³/mol. The molecule has 2 aliphatic heterocycles. The molecule has 408 valence electrons. The van der Waals surface area contributed by atoms with Crippen molar-refractivity contribution >= 4 is 50.9 Å². The Kier molecular flexibility index (Phi) is 23.1. The van der Waals surface area contributed by atoms with Gasteiger partial charge in [0.1, 0.15) is 23.6 Å². The summed E-state index contributed by atoms with van der Waals surface area (Å²) in [7, 11) is 0. The van der Waals surface area contributed by atoms with E-state index in [1.54, 1.807) is 53.4 Å². The predicted octanol–water partition coefficient (Wildman–Crippen LogP) is 7.48. The van der Waals surface area contributed by atoms with E-state index in [0.717, 1.165) is 72.7 Å². The van der Waals surface area contributed by atoms with E-state index < -0.39 is 46.4 Å². The standard InChI is InChI=1S/C29H33N3O6.C21H17N3O5.C8H17BrO/c33-20-8-3-1-2-4-9-21-38-24-14-12-23(13-15-24)30-18-16-25(28(30)36)31-19-17-26(34)32(29(31)37)27(35)22-10-6-5-7-11-22;25-16-8-6-15(7-9-16)22-12-10-17(20(22)28)23-13-11-18(26)24(21(23)29)19(27)14-4-2-1-3-5-14;9-7-5-3-1-2-4-6-8-10/h5-7,10-15,17,19,25,33H,1-4,8-9,16,18,20-21H2;1-9,11,13,17,25H,10,12H2;10H,1-8H2. The number of phenols is 1. The Morgan fingerprint density at radius 1 is 0.494 bits per heavy atom. The van der Waals surface area contributed by atoms with E-state index in [9.17, 15) is 43.5 Å². The number of phenolic OH excluding ortho intramolecular Hbond substituents is 1. The minimum atomic E-state index is -0.850. The Morgan fingerprint density at radius 2 is 0.883 bits per heavy atom. The molecule has 2 aliphatic rings. The third-order valence-electron chi connectivity index (χ3n) is 13.2. The highest BCUT2D eigenvalue weighted by molar-refractivity contribution is 9.09. The van der Waals surface area contributed by atoms with Gasteiger partial charge < -0.3 is 29.9 Å². The maximum atomic E-state index is 13.3. The van der Waals surface area contributed by atoms with Crippen LogP contribution in [0.5, 0.6) is 11.5 Å². The number of aromatic hydroxyl groups is 1. The van der Waals surface area contributed by atoms with Crippen LogP contribution < -0.4 is 37.0 Å². The molecular weight excluding hydrogens is 1050 g/mol. The molecule has 4 heterocycles. The van der Waals surface area contributed by atoms with Gasteiger partial charge in [-0.3, -0.25) is 37.9 Å². The second kappa shape index (κ2) is 30.3. The third kappa shape index (κ3) is 16.0. The summed E-state index contributed by atoms with van der Waals surface area (Å²) >= 11 is 3.39. The van der Waals surface area contributed by atoms with Crippen molar-refractivity contribution in [1.82, 2.24) is 18.3 Å². The van der Waals surface area contributed by atoms with Crippen LogP contribution in [0.15, 0.2) is 153 Å². The lowest BCUT2D eigenvalue weighted by atomic mass is 10.1. The third-order valence-corrected chi connectivity index (χ3v) is 13.7. The average Bonchev–Trinajstić information content (AvgIpc) is 4.09. The van der Waals surface area contributed by atoms with Gasteiger partial charge in [-0.15, -0.1) is 0 Å². The first-order valence-corrected chi connectivity index (χ1v) is 27.3. The zero-order valence-electron chi connectivity index (χ0n) is 43.1. The Balaban J connectivity index is 0.000000217. The van der Waals surface area contributed by atoms with Crippen LogP contribution in [0.4, 0.5) is 11.4 Å². The Hall–Kier alpha value is -7.48. The zero-order valence-corrected chi connectivity index (χ0v) is 44.7. The maximum absolute atomic E-state index is 13.3.